The predicted octanol–water partition coefficient (Wildman–Crippen LogP) is 3.37. The van der Waals surface area contributed by atoms with Gasteiger partial charge in [-0.1, -0.05) is 24.6 Å². The maximum atomic E-state index is 6.45. The zero-order valence-corrected chi connectivity index (χ0v) is 14.3. The quantitative estimate of drug-likeness (QED) is 0.813. The van der Waals surface area contributed by atoms with Crippen LogP contribution in [0.5, 0.6) is 0 Å². The Bertz CT molecular complexity index is 448. The van der Waals surface area contributed by atoms with E-state index >= 15 is 0 Å². The summed E-state index contributed by atoms with van der Waals surface area (Å²) >= 11 is 6.45. The second-order valence-electron chi connectivity index (χ2n) is 6.16. The molecule has 0 spiro atoms. The van der Waals surface area contributed by atoms with E-state index < -0.39 is 0 Å². The second kappa shape index (κ2) is 8.02. The van der Waals surface area contributed by atoms with Crippen LogP contribution in [0.3, 0.4) is 0 Å². The molecule has 3 nitrogen and oxygen atoms in total. The molecule has 0 bridgehead atoms. The van der Waals surface area contributed by atoms with Crippen LogP contribution >= 0.6 is 11.6 Å². The first-order valence-electron chi connectivity index (χ1n) is 8.02. The Balaban J connectivity index is 2.01. The van der Waals surface area contributed by atoms with E-state index in [1.165, 1.54) is 24.1 Å². The lowest BCUT2D eigenvalue weighted by molar-refractivity contribution is 0.258. The third-order valence-corrected chi connectivity index (χ3v) is 4.62. The Morgan fingerprint density at radius 2 is 2.19 bits per heavy atom. The molecular weight excluding hydrogens is 282 g/mol. The van der Waals surface area contributed by atoms with E-state index in [4.69, 9.17) is 11.6 Å². The first-order chi connectivity index (χ1) is 10.1. The standard InChI is InChI=1S/C17H28ClN3/c1-4-9-19-12-14-7-8-15(11-17(14)18)21-10-5-6-16(13-21)20(2)3/h7-8,11,16,19H,4-6,9-10,12-13H2,1-3H3. The molecule has 0 saturated carbocycles. The smallest absolute Gasteiger partial charge is 0.0471 e. The molecule has 1 aliphatic heterocycles. The SMILES string of the molecule is CCCNCc1ccc(N2CCCC(N(C)C)C2)cc1Cl. The first-order valence-corrected chi connectivity index (χ1v) is 8.40. The second-order valence-corrected chi connectivity index (χ2v) is 6.57. The maximum absolute atomic E-state index is 6.45. The summed E-state index contributed by atoms with van der Waals surface area (Å²) in [6.07, 6.45) is 3.69. The van der Waals surface area contributed by atoms with Gasteiger partial charge in [-0.25, -0.2) is 0 Å². The molecule has 1 atom stereocenters. The van der Waals surface area contributed by atoms with Crippen molar-refractivity contribution in [2.24, 2.45) is 0 Å². The summed E-state index contributed by atoms with van der Waals surface area (Å²) in [5, 5.41) is 4.29. The van der Waals surface area contributed by atoms with Crippen molar-refractivity contribution < 1.29 is 0 Å². The summed E-state index contributed by atoms with van der Waals surface area (Å²) in [5.41, 5.74) is 2.45. The van der Waals surface area contributed by atoms with E-state index in [1.807, 2.05) is 0 Å². The lowest BCUT2D eigenvalue weighted by Gasteiger charge is -2.37. The Kier molecular flexibility index (Phi) is 6.34. The summed E-state index contributed by atoms with van der Waals surface area (Å²) in [6.45, 7) is 6.29. The van der Waals surface area contributed by atoms with Gasteiger partial charge in [-0.05, 0) is 57.6 Å². The molecular formula is C17H28ClN3. The average Bonchev–Trinajstić information content (AvgIpc) is 2.49. The molecule has 1 aromatic carbocycles. The fourth-order valence-electron chi connectivity index (χ4n) is 2.89. The number of piperidine rings is 1. The Morgan fingerprint density at radius 3 is 2.86 bits per heavy atom. The van der Waals surface area contributed by atoms with Gasteiger partial charge in [0.25, 0.3) is 0 Å². The maximum Gasteiger partial charge on any atom is 0.0471 e. The molecule has 1 N–H and O–H groups in total. The van der Waals surface area contributed by atoms with Crippen LogP contribution in [0.25, 0.3) is 0 Å². The molecule has 1 aromatic rings. The lowest BCUT2D eigenvalue weighted by atomic mass is 10.0. The number of nitrogens with one attached hydrogen (secondary N) is 1. The molecule has 21 heavy (non-hydrogen) atoms. The number of anilines is 1. The minimum Gasteiger partial charge on any atom is -0.370 e. The number of benzene rings is 1. The van der Waals surface area contributed by atoms with E-state index in [0.29, 0.717) is 6.04 Å². The molecule has 118 valence electrons. The number of halogens is 1. The first kappa shape index (κ1) is 16.6. The van der Waals surface area contributed by atoms with Gasteiger partial charge >= 0.3 is 0 Å². The van der Waals surface area contributed by atoms with Gasteiger partial charge in [0, 0.05) is 36.4 Å². The minimum absolute atomic E-state index is 0.642. The van der Waals surface area contributed by atoms with E-state index in [0.717, 1.165) is 37.6 Å². The highest BCUT2D eigenvalue weighted by atomic mass is 35.5. The lowest BCUT2D eigenvalue weighted by Crippen LogP contribution is -2.45. The molecule has 1 aliphatic rings. The number of nitrogens with zero attached hydrogens (tertiary/aromatic N) is 2. The highest BCUT2D eigenvalue weighted by Crippen LogP contribution is 2.27. The van der Waals surface area contributed by atoms with Crippen molar-refractivity contribution in [2.75, 3.05) is 38.6 Å². The van der Waals surface area contributed by atoms with Crippen molar-refractivity contribution in [3.8, 4) is 0 Å². The number of hydrogen-bond donors (Lipinski definition) is 1. The molecule has 0 aromatic heterocycles. The fraction of sp³-hybridized carbons (Fsp3) is 0.647. The van der Waals surface area contributed by atoms with E-state index in [1.54, 1.807) is 0 Å². The molecule has 1 unspecified atom stereocenters. The van der Waals surface area contributed by atoms with Gasteiger partial charge in [0.15, 0.2) is 0 Å². The fourth-order valence-corrected chi connectivity index (χ4v) is 3.13. The molecule has 1 heterocycles. The van der Waals surface area contributed by atoms with Gasteiger partial charge in [-0.3, -0.25) is 0 Å². The summed E-state index contributed by atoms with van der Waals surface area (Å²) in [6, 6.07) is 7.15. The molecule has 0 aliphatic carbocycles. The summed E-state index contributed by atoms with van der Waals surface area (Å²) in [4.78, 5) is 4.79. The third-order valence-electron chi connectivity index (χ3n) is 4.27. The number of rotatable bonds is 6. The Hall–Kier alpha value is -0.770. The summed E-state index contributed by atoms with van der Waals surface area (Å²) in [5.74, 6) is 0. The van der Waals surface area contributed by atoms with Crippen LogP contribution in [0.15, 0.2) is 18.2 Å². The Labute approximate surface area is 134 Å². The molecule has 1 fully saturated rings. The van der Waals surface area contributed by atoms with Crippen molar-refractivity contribution >= 4 is 17.3 Å². The third kappa shape index (κ3) is 4.60. The van der Waals surface area contributed by atoms with Crippen molar-refractivity contribution in [2.45, 2.75) is 38.8 Å². The summed E-state index contributed by atoms with van der Waals surface area (Å²) in [7, 11) is 4.34. The molecule has 0 amide bonds. The van der Waals surface area contributed by atoms with E-state index in [9.17, 15) is 0 Å². The van der Waals surface area contributed by atoms with Crippen LogP contribution in [0, 0.1) is 0 Å². The molecule has 4 heteroatoms. The minimum atomic E-state index is 0.642. The van der Waals surface area contributed by atoms with Gasteiger partial charge in [-0.2, -0.15) is 0 Å². The van der Waals surface area contributed by atoms with Crippen molar-refractivity contribution in [3.05, 3.63) is 28.8 Å². The predicted molar refractivity (Wildman–Crippen MR) is 92.4 cm³/mol. The largest absolute Gasteiger partial charge is 0.370 e. The van der Waals surface area contributed by atoms with Crippen LogP contribution in [-0.4, -0.2) is 44.7 Å². The zero-order chi connectivity index (χ0) is 15.2. The van der Waals surface area contributed by atoms with E-state index in [2.05, 4.69) is 54.3 Å². The number of likely N-dealkylation sites (N-methyl/N-ethyl adjacent to an activating group) is 1. The van der Waals surface area contributed by atoms with E-state index in [-0.39, 0.29) is 0 Å². The highest BCUT2D eigenvalue weighted by Gasteiger charge is 2.21. The van der Waals surface area contributed by atoms with Crippen LogP contribution in [0.2, 0.25) is 5.02 Å². The normalized spacial score (nSPS) is 19.3. The van der Waals surface area contributed by atoms with Gasteiger partial charge < -0.3 is 15.1 Å². The van der Waals surface area contributed by atoms with Crippen molar-refractivity contribution in [1.29, 1.82) is 0 Å². The molecule has 1 saturated heterocycles. The van der Waals surface area contributed by atoms with Gasteiger partial charge in [-0.15, -0.1) is 0 Å². The van der Waals surface area contributed by atoms with Gasteiger partial charge in [0.1, 0.15) is 0 Å². The van der Waals surface area contributed by atoms with Crippen LogP contribution in [0.4, 0.5) is 5.69 Å². The molecule has 0 radical (unpaired) electrons. The van der Waals surface area contributed by atoms with Gasteiger partial charge in [0.05, 0.1) is 0 Å². The summed E-state index contributed by atoms with van der Waals surface area (Å²) < 4.78 is 0. The van der Waals surface area contributed by atoms with Crippen LogP contribution in [0.1, 0.15) is 31.7 Å². The van der Waals surface area contributed by atoms with Crippen molar-refractivity contribution in [1.82, 2.24) is 10.2 Å². The van der Waals surface area contributed by atoms with Crippen LogP contribution in [-0.2, 0) is 6.54 Å². The molecule has 2 rings (SSSR count). The monoisotopic (exact) mass is 309 g/mol. The number of hydrogen-bond acceptors (Lipinski definition) is 3. The van der Waals surface area contributed by atoms with Crippen molar-refractivity contribution in [3.63, 3.8) is 0 Å². The van der Waals surface area contributed by atoms with Gasteiger partial charge in [0.2, 0.25) is 0 Å². The Morgan fingerprint density at radius 1 is 1.38 bits per heavy atom. The van der Waals surface area contributed by atoms with Crippen LogP contribution < -0.4 is 10.2 Å². The zero-order valence-electron chi connectivity index (χ0n) is 13.5. The highest BCUT2D eigenvalue weighted by molar-refractivity contribution is 6.31. The average molecular weight is 310 g/mol. The topological polar surface area (TPSA) is 18.5 Å².